The number of piperidine rings is 3. The van der Waals surface area contributed by atoms with Gasteiger partial charge in [-0.1, -0.05) is 6.07 Å². The van der Waals surface area contributed by atoms with Crippen LogP contribution in [0.3, 0.4) is 0 Å². The lowest BCUT2D eigenvalue weighted by Crippen LogP contribution is -2.59. The fourth-order valence-corrected chi connectivity index (χ4v) is 4.52. The minimum atomic E-state index is -4.37. The molecular formula is C19H20ClF3N4O. The van der Waals surface area contributed by atoms with E-state index in [0.29, 0.717) is 34.8 Å². The summed E-state index contributed by atoms with van der Waals surface area (Å²) in [5.41, 5.74) is 2.02. The predicted molar refractivity (Wildman–Crippen MR) is 102 cm³/mol. The maximum atomic E-state index is 12.9. The maximum Gasteiger partial charge on any atom is 0.416 e. The minimum Gasteiger partial charge on any atom is -0.300 e. The van der Waals surface area contributed by atoms with E-state index in [2.05, 4.69) is 20.4 Å². The second kappa shape index (κ2) is 6.86. The van der Waals surface area contributed by atoms with Gasteiger partial charge in [-0.25, -0.2) is 9.98 Å². The molecule has 4 saturated heterocycles. The Kier molecular flexibility index (Phi) is 4.76. The lowest BCUT2D eigenvalue weighted by Gasteiger charge is -2.49. The Morgan fingerprint density at radius 3 is 2.64 bits per heavy atom. The zero-order valence-electron chi connectivity index (χ0n) is 15.0. The number of aromatic nitrogens is 1. The van der Waals surface area contributed by atoms with E-state index in [-0.39, 0.29) is 18.0 Å². The van der Waals surface area contributed by atoms with E-state index in [0.717, 1.165) is 44.6 Å². The van der Waals surface area contributed by atoms with Crippen molar-refractivity contribution in [3.63, 3.8) is 0 Å². The molecule has 0 radical (unpaired) electrons. The molecule has 0 aliphatic carbocycles. The SMILES string of the molecule is Cl.FC(F)(F)c1ccc2cnc(N=C3C[C@@]4(CN5CCC4CC5)ON3)cc2c1. The van der Waals surface area contributed by atoms with Gasteiger partial charge in [-0.15, -0.1) is 12.4 Å². The summed E-state index contributed by atoms with van der Waals surface area (Å²) < 4.78 is 38.8. The number of hydrogen-bond donors (Lipinski definition) is 1. The number of hydrogen-bond acceptors (Lipinski definition) is 4. The monoisotopic (exact) mass is 412 g/mol. The number of nitrogens with one attached hydrogen (secondary N) is 1. The van der Waals surface area contributed by atoms with Crippen LogP contribution in [0.5, 0.6) is 0 Å². The number of alkyl halides is 3. The van der Waals surface area contributed by atoms with E-state index in [4.69, 9.17) is 4.84 Å². The van der Waals surface area contributed by atoms with Gasteiger partial charge >= 0.3 is 6.18 Å². The second-order valence-corrected chi connectivity index (χ2v) is 7.66. The van der Waals surface area contributed by atoms with Crippen LogP contribution < -0.4 is 5.48 Å². The first-order chi connectivity index (χ1) is 12.9. The third kappa shape index (κ3) is 3.33. The fourth-order valence-electron chi connectivity index (χ4n) is 4.52. The van der Waals surface area contributed by atoms with Crippen LogP contribution in [0, 0.1) is 5.92 Å². The van der Waals surface area contributed by atoms with Crippen LogP contribution in [0.4, 0.5) is 19.0 Å². The van der Waals surface area contributed by atoms with E-state index in [9.17, 15) is 13.2 Å². The molecule has 6 rings (SSSR count). The highest BCUT2D eigenvalue weighted by Crippen LogP contribution is 2.42. The Morgan fingerprint density at radius 1 is 1.18 bits per heavy atom. The molecule has 2 bridgehead atoms. The second-order valence-electron chi connectivity index (χ2n) is 7.66. The topological polar surface area (TPSA) is 49.8 Å². The third-order valence-electron chi connectivity index (χ3n) is 5.95. The van der Waals surface area contributed by atoms with E-state index in [1.807, 2.05) is 0 Å². The van der Waals surface area contributed by atoms with Gasteiger partial charge in [0.2, 0.25) is 0 Å². The highest BCUT2D eigenvalue weighted by molar-refractivity contribution is 5.88. The standard InChI is InChI=1S/C19H19F3N4O.ClH/c20-19(21,22)15-2-1-12-10-23-16(8-13(12)7-15)24-17-9-18(27-25-17)11-26-5-3-14(18)4-6-26;/h1-2,7-8,10,14H,3-6,9,11H2,(H,23,24,25);1H/t18-;/m0./s1. The van der Waals surface area contributed by atoms with E-state index in [1.54, 1.807) is 12.3 Å². The molecular weight excluding hydrogens is 393 g/mol. The van der Waals surface area contributed by atoms with Crippen LogP contribution >= 0.6 is 12.4 Å². The molecule has 0 saturated carbocycles. The summed E-state index contributed by atoms with van der Waals surface area (Å²) in [6.45, 7) is 3.13. The lowest BCUT2D eigenvalue weighted by molar-refractivity contribution is -0.150. The number of amidine groups is 1. The molecule has 4 fully saturated rings. The first-order valence-corrected chi connectivity index (χ1v) is 9.12. The number of benzene rings is 1. The smallest absolute Gasteiger partial charge is 0.300 e. The van der Waals surface area contributed by atoms with Crippen LogP contribution in [0.1, 0.15) is 24.8 Å². The van der Waals surface area contributed by atoms with E-state index >= 15 is 0 Å². The Balaban J connectivity index is 0.00000192. The van der Waals surface area contributed by atoms with Crippen molar-refractivity contribution in [1.29, 1.82) is 0 Å². The Hall–Kier alpha value is -1.90. The number of fused-ring (bicyclic) bond motifs is 3. The Labute approximate surface area is 166 Å². The highest BCUT2D eigenvalue weighted by atomic mass is 35.5. The molecule has 2 aromatic rings. The van der Waals surface area contributed by atoms with E-state index < -0.39 is 11.7 Å². The summed E-state index contributed by atoms with van der Waals surface area (Å²) in [5.74, 6) is 1.58. The number of aliphatic imine (C=N–C) groups is 1. The molecule has 9 heteroatoms. The molecule has 0 unspecified atom stereocenters. The highest BCUT2D eigenvalue weighted by Gasteiger charge is 2.52. The first-order valence-electron chi connectivity index (χ1n) is 9.12. The molecule has 1 atom stereocenters. The van der Waals surface area contributed by atoms with Crippen molar-refractivity contribution in [2.24, 2.45) is 10.9 Å². The van der Waals surface area contributed by atoms with Gasteiger partial charge in [-0.05, 0) is 55.4 Å². The van der Waals surface area contributed by atoms with Crippen LogP contribution in [-0.2, 0) is 11.0 Å². The van der Waals surface area contributed by atoms with Gasteiger partial charge in [-0.2, -0.15) is 13.2 Å². The van der Waals surface area contributed by atoms with Gasteiger partial charge in [0.15, 0.2) is 5.82 Å². The largest absolute Gasteiger partial charge is 0.416 e. The molecule has 4 aliphatic rings. The average molecular weight is 413 g/mol. The molecule has 5 nitrogen and oxygen atoms in total. The maximum absolute atomic E-state index is 12.9. The van der Waals surface area contributed by atoms with Gasteiger partial charge in [0, 0.05) is 24.5 Å². The molecule has 150 valence electrons. The zero-order valence-corrected chi connectivity index (χ0v) is 15.8. The van der Waals surface area contributed by atoms with E-state index in [1.165, 1.54) is 6.07 Å². The minimum absolute atomic E-state index is 0. The number of halogens is 4. The van der Waals surface area contributed by atoms with Gasteiger partial charge in [0.05, 0.1) is 5.56 Å². The molecule has 28 heavy (non-hydrogen) atoms. The number of rotatable bonds is 1. The molecule has 1 N–H and O–H groups in total. The van der Waals surface area contributed by atoms with Crippen molar-refractivity contribution in [2.75, 3.05) is 19.6 Å². The Morgan fingerprint density at radius 2 is 1.96 bits per heavy atom. The number of pyridine rings is 1. The predicted octanol–water partition coefficient (Wildman–Crippen LogP) is 4.09. The number of hydroxylamine groups is 1. The first kappa shape index (κ1) is 19.4. The molecule has 4 aliphatic heterocycles. The molecule has 0 amide bonds. The van der Waals surface area contributed by atoms with Gasteiger partial charge in [0.1, 0.15) is 11.4 Å². The molecule has 5 heterocycles. The van der Waals surface area contributed by atoms with Gasteiger partial charge < -0.3 is 4.90 Å². The van der Waals surface area contributed by atoms with Crippen molar-refractivity contribution < 1.29 is 18.0 Å². The summed E-state index contributed by atoms with van der Waals surface area (Å²) >= 11 is 0. The molecule has 1 spiro atoms. The van der Waals surface area contributed by atoms with Crippen molar-refractivity contribution in [1.82, 2.24) is 15.4 Å². The normalized spacial score (nSPS) is 30.6. The van der Waals surface area contributed by atoms with Gasteiger partial charge in [-0.3, -0.25) is 10.3 Å². The third-order valence-corrected chi connectivity index (χ3v) is 5.95. The Bertz CT molecular complexity index is 927. The summed E-state index contributed by atoms with van der Waals surface area (Å²) in [6.07, 6.45) is 0.115. The summed E-state index contributed by atoms with van der Waals surface area (Å²) in [7, 11) is 0. The van der Waals surface area contributed by atoms with Crippen molar-refractivity contribution in [3.05, 3.63) is 36.0 Å². The lowest BCUT2D eigenvalue weighted by atomic mass is 9.74. The van der Waals surface area contributed by atoms with Crippen LogP contribution in [-0.4, -0.2) is 41.0 Å². The molecule has 1 aromatic carbocycles. The van der Waals surface area contributed by atoms with Gasteiger partial charge in [0.25, 0.3) is 0 Å². The van der Waals surface area contributed by atoms with Crippen molar-refractivity contribution >= 4 is 34.8 Å². The molecule has 1 aromatic heterocycles. The van der Waals surface area contributed by atoms with Crippen molar-refractivity contribution in [3.8, 4) is 0 Å². The fraction of sp³-hybridized carbons (Fsp3) is 0.474. The van der Waals surface area contributed by atoms with Crippen molar-refractivity contribution in [2.45, 2.75) is 31.0 Å². The summed E-state index contributed by atoms with van der Waals surface area (Å²) in [6, 6.07) is 5.22. The zero-order chi connectivity index (χ0) is 18.6. The van der Waals surface area contributed by atoms with Crippen LogP contribution in [0.15, 0.2) is 35.5 Å². The summed E-state index contributed by atoms with van der Waals surface area (Å²) in [4.78, 5) is 17.1. The van der Waals surface area contributed by atoms with Crippen LogP contribution in [0.25, 0.3) is 10.8 Å². The quantitative estimate of drug-likeness (QED) is 0.766. The number of nitrogens with zero attached hydrogens (tertiary/aromatic N) is 3. The average Bonchev–Trinajstić information content (AvgIpc) is 3.03. The van der Waals surface area contributed by atoms with Crippen LogP contribution in [0.2, 0.25) is 0 Å². The summed E-state index contributed by atoms with van der Waals surface area (Å²) in [5, 5.41) is 1.12.